The molecule has 4 heterocycles. The third-order valence-corrected chi connectivity index (χ3v) is 4.52. The number of pyridine rings is 2. The van der Waals surface area contributed by atoms with Gasteiger partial charge in [-0.05, 0) is 30.3 Å². The van der Waals surface area contributed by atoms with Crippen molar-refractivity contribution in [2.75, 3.05) is 11.9 Å². The molecule has 0 atom stereocenters. The SMILES string of the molecule is O=C(C(=O)C(F)(F)F)C(F)(F)F.O=C1NCCc2[nH]c(-c3ccnc(Nc4ccccn4)c3)cc21. The second-order valence-electron chi connectivity index (χ2n) is 7.00. The Morgan fingerprint density at radius 1 is 0.886 bits per heavy atom. The van der Waals surface area contributed by atoms with Gasteiger partial charge in [-0.2, -0.15) is 26.3 Å². The molecule has 3 aromatic heterocycles. The minimum absolute atomic E-state index is 0.0189. The van der Waals surface area contributed by atoms with Crippen LogP contribution in [0, 0.1) is 0 Å². The Labute approximate surface area is 192 Å². The van der Waals surface area contributed by atoms with E-state index in [9.17, 15) is 40.7 Å². The molecule has 0 unspecified atom stereocenters. The molecule has 184 valence electrons. The molecule has 0 saturated carbocycles. The molecule has 0 aliphatic carbocycles. The lowest BCUT2D eigenvalue weighted by Crippen LogP contribution is -2.39. The summed E-state index contributed by atoms with van der Waals surface area (Å²) in [6, 6.07) is 11.4. The molecule has 4 rings (SSSR count). The van der Waals surface area contributed by atoms with E-state index in [0.717, 1.165) is 34.8 Å². The van der Waals surface area contributed by atoms with E-state index in [-0.39, 0.29) is 5.91 Å². The van der Waals surface area contributed by atoms with E-state index in [1.807, 2.05) is 36.4 Å². The van der Waals surface area contributed by atoms with Crippen LogP contribution >= 0.6 is 0 Å². The molecule has 14 heteroatoms. The van der Waals surface area contributed by atoms with Crippen molar-refractivity contribution in [2.24, 2.45) is 0 Å². The number of halogens is 6. The van der Waals surface area contributed by atoms with Crippen molar-refractivity contribution in [3.8, 4) is 11.3 Å². The Balaban J connectivity index is 0.000000245. The van der Waals surface area contributed by atoms with E-state index >= 15 is 0 Å². The molecule has 8 nitrogen and oxygen atoms in total. The van der Waals surface area contributed by atoms with Gasteiger partial charge in [-0.3, -0.25) is 14.4 Å². The van der Waals surface area contributed by atoms with Crippen LogP contribution in [0.4, 0.5) is 38.0 Å². The average Bonchev–Trinajstić information content (AvgIpc) is 3.24. The highest BCUT2D eigenvalue weighted by Crippen LogP contribution is 2.26. The number of hydrogen-bond acceptors (Lipinski definition) is 6. The summed E-state index contributed by atoms with van der Waals surface area (Å²) in [5.74, 6) is -5.39. The van der Waals surface area contributed by atoms with Gasteiger partial charge in [-0.15, -0.1) is 0 Å². The molecule has 0 aromatic carbocycles. The number of ketones is 2. The van der Waals surface area contributed by atoms with Gasteiger partial charge >= 0.3 is 23.9 Å². The highest BCUT2D eigenvalue weighted by Gasteiger charge is 2.54. The predicted octanol–water partition coefficient (Wildman–Crippen LogP) is 3.75. The van der Waals surface area contributed by atoms with Crippen LogP contribution in [0.2, 0.25) is 0 Å². The fourth-order valence-corrected chi connectivity index (χ4v) is 2.94. The van der Waals surface area contributed by atoms with Crippen molar-refractivity contribution in [1.29, 1.82) is 0 Å². The number of fused-ring (bicyclic) bond motifs is 1. The number of nitrogens with zero attached hydrogens (tertiary/aromatic N) is 2. The fraction of sp³-hybridized carbons (Fsp3) is 0.190. The summed E-state index contributed by atoms with van der Waals surface area (Å²) in [5, 5.41) is 6.02. The van der Waals surface area contributed by atoms with Gasteiger partial charge in [0.2, 0.25) is 0 Å². The summed E-state index contributed by atoms with van der Waals surface area (Å²) in [5.41, 5.74) is 3.60. The predicted molar refractivity (Wildman–Crippen MR) is 110 cm³/mol. The number of aromatic amines is 1. The largest absolute Gasteiger partial charge is 0.458 e. The number of H-pyrrole nitrogens is 1. The first kappa shape index (κ1) is 25.4. The van der Waals surface area contributed by atoms with E-state index in [4.69, 9.17) is 0 Å². The third-order valence-electron chi connectivity index (χ3n) is 4.52. The maximum absolute atomic E-state index is 11.9. The highest BCUT2D eigenvalue weighted by atomic mass is 19.4. The first-order valence-corrected chi connectivity index (χ1v) is 9.73. The number of aromatic nitrogens is 3. The Bertz CT molecular complexity index is 1210. The molecule has 0 fully saturated rings. The van der Waals surface area contributed by atoms with Crippen molar-refractivity contribution in [3.63, 3.8) is 0 Å². The number of carbonyl (C=O) groups excluding carboxylic acids is 3. The lowest BCUT2D eigenvalue weighted by Gasteiger charge is -2.11. The maximum Gasteiger partial charge on any atom is 0.458 e. The molecule has 0 bridgehead atoms. The maximum atomic E-state index is 11.9. The number of amides is 1. The summed E-state index contributed by atoms with van der Waals surface area (Å²) in [4.78, 5) is 43.0. The smallest absolute Gasteiger partial charge is 0.358 e. The Morgan fingerprint density at radius 2 is 1.54 bits per heavy atom. The molecule has 0 saturated heterocycles. The van der Waals surface area contributed by atoms with Gasteiger partial charge in [0.05, 0.1) is 5.56 Å². The topological polar surface area (TPSA) is 117 Å². The van der Waals surface area contributed by atoms with Crippen molar-refractivity contribution in [3.05, 3.63) is 60.0 Å². The molecule has 3 N–H and O–H groups in total. The number of nitrogens with one attached hydrogen (secondary N) is 3. The second-order valence-corrected chi connectivity index (χ2v) is 7.00. The number of carbonyl (C=O) groups is 3. The van der Waals surface area contributed by atoms with Crippen LogP contribution in [0.1, 0.15) is 16.1 Å². The molecule has 1 aliphatic heterocycles. The highest BCUT2D eigenvalue weighted by molar-refractivity contribution is 6.41. The summed E-state index contributed by atoms with van der Waals surface area (Å²) < 4.78 is 67.0. The fourth-order valence-electron chi connectivity index (χ4n) is 2.94. The molecule has 0 spiro atoms. The van der Waals surface area contributed by atoms with Crippen LogP contribution in [0.5, 0.6) is 0 Å². The van der Waals surface area contributed by atoms with Gasteiger partial charge < -0.3 is 15.6 Å². The van der Waals surface area contributed by atoms with E-state index in [0.29, 0.717) is 12.4 Å². The van der Waals surface area contributed by atoms with E-state index in [1.165, 1.54) is 0 Å². The van der Waals surface area contributed by atoms with Crippen molar-refractivity contribution >= 4 is 29.1 Å². The van der Waals surface area contributed by atoms with Crippen molar-refractivity contribution in [2.45, 2.75) is 18.8 Å². The summed E-state index contributed by atoms with van der Waals surface area (Å²) in [7, 11) is 0. The number of alkyl halides is 6. The minimum Gasteiger partial charge on any atom is -0.358 e. The molecule has 0 radical (unpaired) electrons. The summed E-state index contributed by atoms with van der Waals surface area (Å²) in [6.45, 7) is 0.675. The van der Waals surface area contributed by atoms with Crippen molar-refractivity contribution in [1.82, 2.24) is 20.3 Å². The summed E-state index contributed by atoms with van der Waals surface area (Å²) in [6.07, 6.45) is -7.26. The number of hydrogen-bond donors (Lipinski definition) is 3. The van der Waals surface area contributed by atoms with Crippen LogP contribution in [-0.4, -0.2) is 51.3 Å². The first-order chi connectivity index (χ1) is 16.4. The average molecular weight is 499 g/mol. The standard InChI is InChI=1S/C17H15N5O.C4F6O2/c23-17-12-10-14(21-13(12)5-8-20-17)11-4-7-19-16(9-11)22-15-3-1-2-6-18-15;5-3(6,7)1(11)2(12)4(8,9)10/h1-4,6-7,9-10,21H,5,8H2,(H,20,23)(H,18,19,22);. The molecular formula is C21H15F6N5O3. The first-order valence-electron chi connectivity index (χ1n) is 9.73. The van der Waals surface area contributed by atoms with E-state index in [2.05, 4.69) is 25.6 Å². The zero-order valence-corrected chi connectivity index (χ0v) is 17.4. The molecule has 3 aromatic rings. The lowest BCUT2D eigenvalue weighted by atomic mass is 10.1. The number of rotatable bonds is 4. The van der Waals surface area contributed by atoms with E-state index < -0.39 is 23.9 Å². The zero-order valence-electron chi connectivity index (χ0n) is 17.4. The summed E-state index contributed by atoms with van der Waals surface area (Å²) >= 11 is 0. The van der Waals surface area contributed by atoms with Gasteiger partial charge in [-0.1, -0.05) is 6.07 Å². The van der Waals surface area contributed by atoms with Gasteiger partial charge in [0.15, 0.2) is 0 Å². The third kappa shape index (κ3) is 6.43. The van der Waals surface area contributed by atoms with Crippen LogP contribution < -0.4 is 10.6 Å². The lowest BCUT2D eigenvalue weighted by molar-refractivity contribution is -0.193. The normalized spacial score (nSPS) is 13.1. The van der Waals surface area contributed by atoms with Crippen molar-refractivity contribution < 1.29 is 40.7 Å². The van der Waals surface area contributed by atoms with Crippen LogP contribution in [0.3, 0.4) is 0 Å². The van der Waals surface area contributed by atoms with Gasteiger partial charge in [-0.25, -0.2) is 9.97 Å². The van der Waals surface area contributed by atoms with Gasteiger partial charge in [0.1, 0.15) is 11.6 Å². The zero-order chi connectivity index (χ0) is 25.8. The molecule has 1 aliphatic rings. The molecule has 1 amide bonds. The molecule has 35 heavy (non-hydrogen) atoms. The van der Waals surface area contributed by atoms with Crippen LogP contribution in [0.25, 0.3) is 11.3 Å². The minimum atomic E-state index is -5.77. The second kappa shape index (κ2) is 9.95. The van der Waals surface area contributed by atoms with Gasteiger partial charge in [0.25, 0.3) is 5.91 Å². The Kier molecular flexibility index (Phi) is 7.22. The van der Waals surface area contributed by atoms with Gasteiger partial charge in [0, 0.05) is 42.3 Å². The quantitative estimate of drug-likeness (QED) is 0.372. The Morgan fingerprint density at radius 3 is 2.11 bits per heavy atom. The van der Waals surface area contributed by atoms with Crippen LogP contribution in [0.15, 0.2) is 48.8 Å². The molecular weight excluding hydrogens is 484 g/mol. The van der Waals surface area contributed by atoms with Crippen LogP contribution in [-0.2, 0) is 16.0 Å². The van der Waals surface area contributed by atoms with E-state index in [1.54, 1.807) is 12.4 Å². The Hall–Kier alpha value is -4.23. The number of Topliss-reactive ketones (excluding diaryl/α,β-unsaturated/α-hetero) is 2. The monoisotopic (exact) mass is 499 g/mol. The number of anilines is 2.